The van der Waals surface area contributed by atoms with Gasteiger partial charge in [0.2, 0.25) is 12.7 Å². The molecule has 0 amide bonds. The number of methoxy groups -OCH3 is 1. The Hall–Kier alpha value is -3.88. The smallest absolute Gasteiger partial charge is 0.363 e. The molecule has 0 atom stereocenters. The molecule has 136 valence electrons. The maximum absolute atomic E-state index is 12.1. The number of carbonyl (C=O) groups is 1. The van der Waals surface area contributed by atoms with Gasteiger partial charge in [0.1, 0.15) is 5.75 Å². The first-order valence-electron chi connectivity index (χ1n) is 7.80. The van der Waals surface area contributed by atoms with Crippen molar-refractivity contribution in [3.05, 3.63) is 63.3 Å². The van der Waals surface area contributed by atoms with Crippen molar-refractivity contribution >= 4 is 23.6 Å². The van der Waals surface area contributed by atoms with Crippen LogP contribution in [0.15, 0.2) is 47.1 Å². The molecule has 2 aliphatic rings. The fraction of sp³-hybridized carbons (Fsp3) is 0.111. The van der Waals surface area contributed by atoms with E-state index in [9.17, 15) is 14.9 Å². The molecule has 0 saturated carbocycles. The fourth-order valence-corrected chi connectivity index (χ4v) is 2.63. The Kier molecular flexibility index (Phi) is 3.96. The van der Waals surface area contributed by atoms with Crippen molar-refractivity contribution in [2.75, 3.05) is 13.9 Å². The molecule has 27 heavy (non-hydrogen) atoms. The first kappa shape index (κ1) is 16.6. The zero-order valence-electron chi connectivity index (χ0n) is 14.0. The molecule has 0 saturated heterocycles. The van der Waals surface area contributed by atoms with Crippen LogP contribution in [0.4, 0.5) is 5.69 Å². The molecule has 2 aromatic rings. The third kappa shape index (κ3) is 3.06. The Balaban J connectivity index is 1.72. The maximum Gasteiger partial charge on any atom is 0.363 e. The number of aliphatic imine (C=N–C) groups is 1. The normalized spacial score (nSPS) is 16.3. The largest absolute Gasteiger partial charge is 0.497 e. The molecule has 9 nitrogen and oxygen atoms in total. The number of esters is 1. The van der Waals surface area contributed by atoms with Crippen molar-refractivity contribution in [3.63, 3.8) is 0 Å². The second-order valence-electron chi connectivity index (χ2n) is 5.59. The van der Waals surface area contributed by atoms with Gasteiger partial charge < -0.3 is 18.9 Å². The van der Waals surface area contributed by atoms with Gasteiger partial charge in [-0.15, -0.1) is 0 Å². The predicted octanol–water partition coefficient (Wildman–Crippen LogP) is 2.68. The number of benzene rings is 2. The topological polar surface area (TPSA) is 109 Å². The summed E-state index contributed by atoms with van der Waals surface area (Å²) in [5.74, 6) is 0.693. The Morgan fingerprint density at radius 3 is 2.56 bits per heavy atom. The summed E-state index contributed by atoms with van der Waals surface area (Å²) in [4.78, 5) is 27.1. The standard InChI is InChI=1S/C18H12N2O7/c1-24-12-4-2-10(3-5-12)17-19-13(18(21)27-17)6-11-7-15-16(26-9-25-15)8-14(11)20(22)23/h2-8H,9H2,1H3. The van der Waals surface area contributed by atoms with E-state index in [4.69, 9.17) is 18.9 Å². The van der Waals surface area contributed by atoms with E-state index < -0.39 is 10.9 Å². The average molecular weight is 368 g/mol. The molecule has 2 aromatic carbocycles. The summed E-state index contributed by atoms with van der Waals surface area (Å²) in [6, 6.07) is 9.48. The lowest BCUT2D eigenvalue weighted by Gasteiger charge is -2.01. The molecule has 4 rings (SSSR count). The predicted molar refractivity (Wildman–Crippen MR) is 92.8 cm³/mol. The lowest BCUT2D eigenvalue weighted by molar-refractivity contribution is -0.385. The van der Waals surface area contributed by atoms with Crippen LogP contribution in [0.2, 0.25) is 0 Å². The molecule has 9 heteroatoms. The van der Waals surface area contributed by atoms with Crippen LogP contribution in [0, 0.1) is 10.1 Å². The highest BCUT2D eigenvalue weighted by molar-refractivity contribution is 6.13. The molecule has 2 heterocycles. The van der Waals surface area contributed by atoms with Gasteiger partial charge in [-0.2, -0.15) is 0 Å². The van der Waals surface area contributed by atoms with Gasteiger partial charge in [-0.25, -0.2) is 9.79 Å². The van der Waals surface area contributed by atoms with E-state index in [0.717, 1.165) is 0 Å². The minimum absolute atomic E-state index is 0.0195. The molecule has 0 aromatic heterocycles. The minimum Gasteiger partial charge on any atom is -0.497 e. The Labute approximate surface area is 152 Å². The van der Waals surface area contributed by atoms with Crippen molar-refractivity contribution in [1.29, 1.82) is 0 Å². The van der Waals surface area contributed by atoms with Crippen LogP contribution < -0.4 is 14.2 Å². The van der Waals surface area contributed by atoms with E-state index in [1.54, 1.807) is 31.4 Å². The quantitative estimate of drug-likeness (QED) is 0.353. The summed E-state index contributed by atoms with van der Waals surface area (Å²) < 4.78 is 20.6. The molecular weight excluding hydrogens is 356 g/mol. The van der Waals surface area contributed by atoms with Gasteiger partial charge >= 0.3 is 5.97 Å². The molecule has 0 fully saturated rings. The van der Waals surface area contributed by atoms with E-state index >= 15 is 0 Å². The van der Waals surface area contributed by atoms with Crippen LogP contribution in [-0.2, 0) is 9.53 Å². The SMILES string of the molecule is COc1ccc(C2=NC(=Cc3cc4c(cc3[N+](=O)[O-])OCO4)C(=O)O2)cc1. The molecule has 0 unspecified atom stereocenters. The highest BCUT2D eigenvalue weighted by atomic mass is 16.7. The summed E-state index contributed by atoms with van der Waals surface area (Å²) >= 11 is 0. The molecule has 0 radical (unpaired) electrons. The van der Waals surface area contributed by atoms with Crippen LogP contribution in [0.25, 0.3) is 6.08 Å². The Morgan fingerprint density at radius 1 is 1.19 bits per heavy atom. The molecule has 0 spiro atoms. The number of rotatable bonds is 4. The van der Waals surface area contributed by atoms with Gasteiger partial charge in [0.15, 0.2) is 17.2 Å². The van der Waals surface area contributed by atoms with Crippen LogP contribution in [0.1, 0.15) is 11.1 Å². The summed E-state index contributed by atoms with van der Waals surface area (Å²) in [6.07, 6.45) is 1.29. The lowest BCUT2D eigenvalue weighted by Crippen LogP contribution is -2.05. The van der Waals surface area contributed by atoms with Crippen LogP contribution in [0.5, 0.6) is 17.2 Å². The van der Waals surface area contributed by atoms with E-state index in [0.29, 0.717) is 17.1 Å². The van der Waals surface area contributed by atoms with Crippen molar-refractivity contribution in [2.24, 2.45) is 4.99 Å². The van der Waals surface area contributed by atoms with Crippen molar-refractivity contribution in [1.82, 2.24) is 0 Å². The second kappa shape index (κ2) is 6.45. The van der Waals surface area contributed by atoms with Crippen molar-refractivity contribution < 1.29 is 28.7 Å². The minimum atomic E-state index is -0.701. The second-order valence-corrected chi connectivity index (χ2v) is 5.59. The Morgan fingerprint density at radius 2 is 1.89 bits per heavy atom. The number of hydrogen-bond donors (Lipinski definition) is 0. The molecule has 0 aliphatic carbocycles. The first-order valence-corrected chi connectivity index (χ1v) is 7.80. The van der Waals surface area contributed by atoms with Gasteiger partial charge in [0.25, 0.3) is 5.69 Å². The van der Waals surface area contributed by atoms with E-state index in [-0.39, 0.29) is 35.4 Å². The van der Waals surface area contributed by atoms with Gasteiger partial charge in [0.05, 0.1) is 23.7 Å². The van der Waals surface area contributed by atoms with Gasteiger partial charge in [0, 0.05) is 5.56 Å². The first-order chi connectivity index (χ1) is 13.0. The number of ether oxygens (including phenoxy) is 4. The summed E-state index contributed by atoms with van der Waals surface area (Å²) in [5.41, 5.74) is 0.457. The number of fused-ring (bicyclic) bond motifs is 1. The number of hydrogen-bond acceptors (Lipinski definition) is 8. The summed E-state index contributed by atoms with van der Waals surface area (Å²) in [6.45, 7) is -0.0195. The number of cyclic esters (lactones) is 1. The van der Waals surface area contributed by atoms with Gasteiger partial charge in [-0.05, 0) is 36.4 Å². The highest BCUT2D eigenvalue weighted by Gasteiger charge is 2.27. The maximum atomic E-state index is 12.1. The van der Waals surface area contributed by atoms with E-state index in [1.807, 2.05) is 0 Å². The highest BCUT2D eigenvalue weighted by Crippen LogP contribution is 2.39. The van der Waals surface area contributed by atoms with Crippen LogP contribution in [-0.4, -0.2) is 30.7 Å². The molecule has 0 N–H and O–H groups in total. The third-order valence-corrected chi connectivity index (χ3v) is 3.97. The van der Waals surface area contributed by atoms with E-state index in [2.05, 4.69) is 4.99 Å². The number of nitrogens with zero attached hydrogens (tertiary/aromatic N) is 2. The van der Waals surface area contributed by atoms with Crippen molar-refractivity contribution in [3.8, 4) is 17.2 Å². The molecular formula is C18H12N2O7. The monoisotopic (exact) mass is 368 g/mol. The third-order valence-electron chi connectivity index (χ3n) is 3.97. The molecule has 0 bridgehead atoms. The summed E-state index contributed by atoms with van der Waals surface area (Å²) in [7, 11) is 1.54. The zero-order valence-corrected chi connectivity index (χ0v) is 14.0. The Bertz CT molecular complexity index is 1010. The number of nitro groups is 1. The summed E-state index contributed by atoms with van der Waals surface area (Å²) in [5, 5.41) is 11.3. The van der Waals surface area contributed by atoms with Crippen LogP contribution in [0.3, 0.4) is 0 Å². The molecule has 2 aliphatic heterocycles. The number of nitro benzene ring substituents is 1. The van der Waals surface area contributed by atoms with Crippen LogP contribution >= 0.6 is 0 Å². The number of carbonyl (C=O) groups excluding carboxylic acids is 1. The van der Waals surface area contributed by atoms with Crippen molar-refractivity contribution in [2.45, 2.75) is 0 Å². The average Bonchev–Trinajstić information content (AvgIpc) is 3.27. The van der Waals surface area contributed by atoms with Gasteiger partial charge in [-0.3, -0.25) is 10.1 Å². The zero-order chi connectivity index (χ0) is 19.0. The van der Waals surface area contributed by atoms with Gasteiger partial charge in [-0.1, -0.05) is 0 Å². The lowest BCUT2D eigenvalue weighted by atomic mass is 10.1. The van der Waals surface area contributed by atoms with E-state index in [1.165, 1.54) is 18.2 Å². The fourth-order valence-electron chi connectivity index (χ4n) is 2.63.